The average molecular weight is 259 g/mol. The Kier molecular flexibility index (Phi) is 3.19. The molecule has 0 heterocycles. The SMILES string of the molecule is O=C(O)C(Nc1ccccc1C(F)(F)F)C1CC1. The van der Waals surface area contributed by atoms with Crippen LogP contribution >= 0.6 is 0 Å². The largest absolute Gasteiger partial charge is 0.480 e. The van der Waals surface area contributed by atoms with E-state index in [4.69, 9.17) is 5.11 Å². The molecule has 6 heteroatoms. The van der Waals surface area contributed by atoms with Crippen LogP contribution in [0.5, 0.6) is 0 Å². The number of nitrogens with one attached hydrogen (secondary N) is 1. The molecule has 0 aliphatic heterocycles. The predicted octanol–water partition coefficient (Wildman–Crippen LogP) is 2.98. The maximum Gasteiger partial charge on any atom is 0.418 e. The zero-order valence-electron chi connectivity index (χ0n) is 9.37. The third-order valence-electron chi connectivity index (χ3n) is 2.90. The Balaban J connectivity index is 2.25. The summed E-state index contributed by atoms with van der Waals surface area (Å²) in [7, 11) is 0. The standard InChI is InChI=1S/C12H12F3NO2/c13-12(14,15)8-3-1-2-4-9(8)16-10(11(17)18)7-5-6-7/h1-4,7,10,16H,5-6H2,(H,17,18). The highest BCUT2D eigenvalue weighted by molar-refractivity contribution is 5.78. The van der Waals surface area contributed by atoms with Gasteiger partial charge in [0.05, 0.1) is 5.56 Å². The lowest BCUT2D eigenvalue weighted by Crippen LogP contribution is -2.32. The van der Waals surface area contributed by atoms with Crippen molar-refractivity contribution in [3.05, 3.63) is 29.8 Å². The van der Waals surface area contributed by atoms with Crippen molar-refractivity contribution in [2.45, 2.75) is 25.1 Å². The third-order valence-corrected chi connectivity index (χ3v) is 2.90. The van der Waals surface area contributed by atoms with Gasteiger partial charge >= 0.3 is 12.1 Å². The van der Waals surface area contributed by atoms with Gasteiger partial charge < -0.3 is 10.4 Å². The second-order valence-corrected chi connectivity index (χ2v) is 4.34. The number of para-hydroxylation sites is 1. The maximum absolute atomic E-state index is 12.7. The number of carboxylic acids is 1. The van der Waals surface area contributed by atoms with Crippen LogP contribution in [0.4, 0.5) is 18.9 Å². The number of rotatable bonds is 4. The van der Waals surface area contributed by atoms with E-state index < -0.39 is 23.8 Å². The average Bonchev–Trinajstić information content (AvgIpc) is 3.08. The van der Waals surface area contributed by atoms with Crippen LogP contribution in [-0.4, -0.2) is 17.1 Å². The molecular weight excluding hydrogens is 247 g/mol. The molecular formula is C12H12F3NO2. The first-order valence-corrected chi connectivity index (χ1v) is 5.55. The second kappa shape index (κ2) is 4.51. The molecule has 1 aliphatic rings. The van der Waals surface area contributed by atoms with Gasteiger partial charge in [-0.3, -0.25) is 0 Å². The van der Waals surface area contributed by atoms with E-state index >= 15 is 0 Å². The Bertz CT molecular complexity index is 455. The van der Waals surface area contributed by atoms with E-state index in [1.54, 1.807) is 0 Å². The van der Waals surface area contributed by atoms with E-state index in [0.29, 0.717) is 0 Å². The van der Waals surface area contributed by atoms with Crippen molar-refractivity contribution in [3.8, 4) is 0 Å². The van der Waals surface area contributed by atoms with E-state index in [-0.39, 0.29) is 11.6 Å². The Morgan fingerprint density at radius 2 is 1.94 bits per heavy atom. The van der Waals surface area contributed by atoms with Gasteiger partial charge in [0.15, 0.2) is 0 Å². The highest BCUT2D eigenvalue weighted by atomic mass is 19.4. The molecule has 0 saturated heterocycles. The Morgan fingerprint density at radius 3 is 2.44 bits per heavy atom. The number of anilines is 1. The molecule has 0 bridgehead atoms. The fourth-order valence-electron chi connectivity index (χ4n) is 1.83. The van der Waals surface area contributed by atoms with E-state index in [1.165, 1.54) is 18.2 Å². The summed E-state index contributed by atoms with van der Waals surface area (Å²) in [5.74, 6) is -1.20. The molecule has 0 radical (unpaired) electrons. The molecule has 18 heavy (non-hydrogen) atoms. The molecule has 1 fully saturated rings. The van der Waals surface area contributed by atoms with Gasteiger partial charge in [0.1, 0.15) is 6.04 Å². The van der Waals surface area contributed by atoms with Gasteiger partial charge in [-0.15, -0.1) is 0 Å². The highest BCUT2D eigenvalue weighted by Gasteiger charge is 2.39. The summed E-state index contributed by atoms with van der Waals surface area (Å²) in [6.45, 7) is 0. The molecule has 1 aromatic carbocycles. The number of hydrogen-bond donors (Lipinski definition) is 2. The molecule has 1 unspecified atom stereocenters. The lowest BCUT2D eigenvalue weighted by Gasteiger charge is -2.19. The molecule has 1 atom stereocenters. The van der Waals surface area contributed by atoms with Crippen LogP contribution < -0.4 is 5.32 Å². The van der Waals surface area contributed by atoms with E-state index in [1.807, 2.05) is 0 Å². The lowest BCUT2D eigenvalue weighted by atomic mass is 10.1. The van der Waals surface area contributed by atoms with Crippen LogP contribution in [0.15, 0.2) is 24.3 Å². The second-order valence-electron chi connectivity index (χ2n) is 4.34. The number of aliphatic carboxylic acids is 1. The minimum absolute atomic E-state index is 0.0798. The summed E-state index contributed by atoms with van der Waals surface area (Å²) in [4.78, 5) is 11.0. The molecule has 2 N–H and O–H groups in total. The van der Waals surface area contributed by atoms with Crippen molar-refractivity contribution in [2.75, 3.05) is 5.32 Å². The van der Waals surface area contributed by atoms with Crippen molar-refractivity contribution in [1.29, 1.82) is 0 Å². The Morgan fingerprint density at radius 1 is 1.33 bits per heavy atom. The highest BCUT2D eigenvalue weighted by Crippen LogP contribution is 2.38. The summed E-state index contributed by atoms with van der Waals surface area (Å²) in [5, 5.41) is 11.5. The first-order chi connectivity index (χ1) is 8.39. The molecule has 1 aromatic rings. The molecule has 0 spiro atoms. The zero-order valence-corrected chi connectivity index (χ0v) is 9.37. The smallest absolute Gasteiger partial charge is 0.418 e. The van der Waals surface area contributed by atoms with E-state index in [2.05, 4.69) is 5.32 Å². The fraction of sp³-hybridized carbons (Fsp3) is 0.417. The van der Waals surface area contributed by atoms with Crippen LogP contribution in [0.1, 0.15) is 18.4 Å². The van der Waals surface area contributed by atoms with Crippen LogP contribution in [0, 0.1) is 5.92 Å². The molecule has 3 nitrogen and oxygen atoms in total. The fourth-order valence-corrected chi connectivity index (χ4v) is 1.83. The summed E-state index contributed by atoms with van der Waals surface area (Å²) in [5.41, 5.74) is -1.01. The summed E-state index contributed by atoms with van der Waals surface area (Å²) in [6.07, 6.45) is -3.02. The molecule has 1 saturated carbocycles. The van der Waals surface area contributed by atoms with Crippen LogP contribution in [0.25, 0.3) is 0 Å². The van der Waals surface area contributed by atoms with Gasteiger partial charge in [-0.05, 0) is 30.9 Å². The monoisotopic (exact) mass is 259 g/mol. The van der Waals surface area contributed by atoms with Crippen molar-refractivity contribution >= 4 is 11.7 Å². The van der Waals surface area contributed by atoms with Gasteiger partial charge in [0, 0.05) is 5.69 Å². The van der Waals surface area contributed by atoms with E-state index in [0.717, 1.165) is 18.9 Å². The number of halogens is 3. The van der Waals surface area contributed by atoms with Crippen LogP contribution in [-0.2, 0) is 11.0 Å². The van der Waals surface area contributed by atoms with E-state index in [9.17, 15) is 18.0 Å². The van der Waals surface area contributed by atoms with Gasteiger partial charge in [-0.2, -0.15) is 13.2 Å². The number of benzene rings is 1. The number of carboxylic acid groups (broad SMARTS) is 1. The van der Waals surface area contributed by atoms with Crippen LogP contribution in [0.2, 0.25) is 0 Å². The Labute approximate surface area is 102 Å². The number of alkyl halides is 3. The first kappa shape index (κ1) is 12.7. The molecule has 2 rings (SSSR count). The quantitative estimate of drug-likeness (QED) is 0.873. The first-order valence-electron chi connectivity index (χ1n) is 5.55. The molecule has 98 valence electrons. The zero-order chi connectivity index (χ0) is 13.3. The van der Waals surface area contributed by atoms with Gasteiger partial charge in [-0.1, -0.05) is 12.1 Å². The third kappa shape index (κ3) is 2.75. The van der Waals surface area contributed by atoms with Crippen molar-refractivity contribution in [2.24, 2.45) is 5.92 Å². The van der Waals surface area contributed by atoms with Crippen LogP contribution in [0.3, 0.4) is 0 Å². The molecule has 0 aromatic heterocycles. The van der Waals surface area contributed by atoms with Gasteiger partial charge in [0.2, 0.25) is 0 Å². The lowest BCUT2D eigenvalue weighted by molar-refractivity contribution is -0.139. The van der Waals surface area contributed by atoms with Crippen molar-refractivity contribution in [1.82, 2.24) is 0 Å². The number of hydrogen-bond acceptors (Lipinski definition) is 2. The van der Waals surface area contributed by atoms with Crippen molar-refractivity contribution in [3.63, 3.8) is 0 Å². The van der Waals surface area contributed by atoms with Gasteiger partial charge in [0.25, 0.3) is 0 Å². The number of carbonyl (C=O) groups is 1. The Hall–Kier alpha value is -1.72. The predicted molar refractivity (Wildman–Crippen MR) is 59.2 cm³/mol. The normalized spacial score (nSPS) is 17.3. The summed E-state index contributed by atoms with van der Waals surface area (Å²) in [6, 6.07) is 3.97. The van der Waals surface area contributed by atoms with Gasteiger partial charge in [-0.25, -0.2) is 4.79 Å². The minimum Gasteiger partial charge on any atom is -0.480 e. The topological polar surface area (TPSA) is 49.3 Å². The summed E-state index contributed by atoms with van der Waals surface area (Å²) >= 11 is 0. The molecule has 0 amide bonds. The molecule has 1 aliphatic carbocycles. The summed E-state index contributed by atoms with van der Waals surface area (Å²) < 4.78 is 38.2. The maximum atomic E-state index is 12.7. The minimum atomic E-state index is -4.49. The van der Waals surface area contributed by atoms with Crippen molar-refractivity contribution < 1.29 is 23.1 Å².